The van der Waals surface area contributed by atoms with Crippen LogP contribution in [0.5, 0.6) is 0 Å². The fraction of sp³-hybridized carbons (Fsp3) is 0.857. The Morgan fingerprint density at radius 2 is 2.00 bits per heavy atom. The Bertz CT molecular complexity index is 320. The molecule has 0 spiro atoms. The highest BCUT2D eigenvalue weighted by Crippen LogP contribution is 2.34. The van der Waals surface area contributed by atoms with Crippen LogP contribution in [-0.2, 0) is 4.79 Å². The standard InChI is InChI=1S/C14H22N2O/c1-2-11-6-8-14(10-15,9-7-11)16-13(17)12-4-3-5-12/h11-12H,2-9H2,1H3,(H,16,17). The van der Waals surface area contributed by atoms with E-state index in [-0.39, 0.29) is 11.8 Å². The Morgan fingerprint density at radius 3 is 2.41 bits per heavy atom. The molecule has 0 saturated heterocycles. The van der Waals surface area contributed by atoms with Gasteiger partial charge < -0.3 is 5.32 Å². The van der Waals surface area contributed by atoms with Crippen molar-refractivity contribution in [2.75, 3.05) is 0 Å². The fourth-order valence-electron chi connectivity index (χ4n) is 2.85. The van der Waals surface area contributed by atoms with Gasteiger partial charge >= 0.3 is 0 Å². The quantitative estimate of drug-likeness (QED) is 0.816. The van der Waals surface area contributed by atoms with Crippen molar-refractivity contribution in [3.63, 3.8) is 0 Å². The summed E-state index contributed by atoms with van der Waals surface area (Å²) in [7, 11) is 0. The molecule has 1 N–H and O–H groups in total. The first-order valence-electron chi connectivity index (χ1n) is 6.92. The van der Waals surface area contributed by atoms with Gasteiger partial charge in [-0.3, -0.25) is 4.79 Å². The fourth-order valence-corrected chi connectivity index (χ4v) is 2.85. The summed E-state index contributed by atoms with van der Waals surface area (Å²) in [5.41, 5.74) is -0.557. The van der Waals surface area contributed by atoms with Crippen molar-refractivity contribution >= 4 is 5.91 Å². The summed E-state index contributed by atoms with van der Waals surface area (Å²) in [6, 6.07) is 2.36. The molecule has 0 aromatic carbocycles. The Kier molecular flexibility index (Phi) is 3.71. The van der Waals surface area contributed by atoms with E-state index in [0.29, 0.717) is 0 Å². The maximum absolute atomic E-state index is 11.9. The number of carbonyl (C=O) groups is 1. The third kappa shape index (κ3) is 2.62. The summed E-state index contributed by atoms with van der Waals surface area (Å²) in [6.07, 6.45) is 8.19. The molecule has 0 atom stereocenters. The molecule has 0 bridgehead atoms. The highest BCUT2D eigenvalue weighted by molar-refractivity contribution is 5.80. The van der Waals surface area contributed by atoms with Crippen LogP contribution >= 0.6 is 0 Å². The maximum atomic E-state index is 11.9. The van der Waals surface area contributed by atoms with E-state index in [1.165, 1.54) is 6.42 Å². The van der Waals surface area contributed by atoms with Crippen molar-refractivity contribution in [1.29, 1.82) is 5.26 Å². The molecule has 0 unspecified atom stereocenters. The zero-order valence-corrected chi connectivity index (χ0v) is 10.7. The van der Waals surface area contributed by atoms with E-state index in [4.69, 9.17) is 0 Å². The lowest BCUT2D eigenvalue weighted by Crippen LogP contribution is -2.52. The molecule has 1 amide bonds. The lowest BCUT2D eigenvalue weighted by atomic mass is 9.75. The van der Waals surface area contributed by atoms with Crippen LogP contribution in [-0.4, -0.2) is 11.4 Å². The molecule has 0 radical (unpaired) electrons. The minimum Gasteiger partial charge on any atom is -0.338 e. The average molecular weight is 234 g/mol. The summed E-state index contributed by atoms with van der Waals surface area (Å²) in [5, 5.41) is 12.4. The summed E-state index contributed by atoms with van der Waals surface area (Å²) in [6.45, 7) is 2.21. The van der Waals surface area contributed by atoms with Crippen LogP contribution in [0, 0.1) is 23.2 Å². The van der Waals surface area contributed by atoms with E-state index in [1.807, 2.05) is 0 Å². The first-order chi connectivity index (χ1) is 8.19. The Balaban J connectivity index is 1.91. The molecule has 3 heteroatoms. The number of nitrogens with zero attached hydrogens (tertiary/aromatic N) is 1. The number of amides is 1. The molecule has 0 aliphatic heterocycles. The molecule has 94 valence electrons. The van der Waals surface area contributed by atoms with Crippen LogP contribution in [0.2, 0.25) is 0 Å². The van der Waals surface area contributed by atoms with Crippen molar-refractivity contribution in [3.05, 3.63) is 0 Å². The summed E-state index contributed by atoms with van der Waals surface area (Å²) < 4.78 is 0. The molecule has 0 aromatic rings. The summed E-state index contributed by atoms with van der Waals surface area (Å²) >= 11 is 0. The number of nitriles is 1. The zero-order valence-electron chi connectivity index (χ0n) is 10.7. The molecule has 0 aromatic heterocycles. The molecule has 0 heterocycles. The van der Waals surface area contributed by atoms with Gasteiger partial charge in [0.15, 0.2) is 0 Å². The molecule has 2 aliphatic rings. The molecule has 2 fully saturated rings. The van der Waals surface area contributed by atoms with Crippen LogP contribution in [0.4, 0.5) is 0 Å². The van der Waals surface area contributed by atoms with Gasteiger partial charge in [0.05, 0.1) is 6.07 Å². The van der Waals surface area contributed by atoms with Gasteiger partial charge in [0.25, 0.3) is 0 Å². The molecule has 2 rings (SSSR count). The molecular formula is C14H22N2O. The van der Waals surface area contributed by atoms with Gasteiger partial charge in [-0.1, -0.05) is 19.8 Å². The number of hydrogen-bond donors (Lipinski definition) is 1. The Morgan fingerprint density at radius 1 is 1.35 bits per heavy atom. The van der Waals surface area contributed by atoms with E-state index in [2.05, 4.69) is 18.3 Å². The molecular weight excluding hydrogens is 212 g/mol. The van der Waals surface area contributed by atoms with Crippen LogP contribution in [0.3, 0.4) is 0 Å². The van der Waals surface area contributed by atoms with Gasteiger partial charge in [0, 0.05) is 5.92 Å². The maximum Gasteiger partial charge on any atom is 0.224 e. The lowest BCUT2D eigenvalue weighted by Gasteiger charge is -2.37. The average Bonchev–Trinajstić information content (AvgIpc) is 2.27. The van der Waals surface area contributed by atoms with Crippen molar-refractivity contribution in [3.8, 4) is 6.07 Å². The monoisotopic (exact) mass is 234 g/mol. The van der Waals surface area contributed by atoms with Gasteiger partial charge in [-0.15, -0.1) is 0 Å². The SMILES string of the molecule is CCC1CCC(C#N)(NC(=O)C2CCC2)CC1. The Hall–Kier alpha value is -1.04. The third-order valence-corrected chi connectivity index (χ3v) is 4.59. The minimum absolute atomic E-state index is 0.118. The topological polar surface area (TPSA) is 52.9 Å². The second-order valence-electron chi connectivity index (χ2n) is 5.66. The van der Waals surface area contributed by atoms with Gasteiger partial charge in [0.1, 0.15) is 5.54 Å². The number of rotatable bonds is 3. The van der Waals surface area contributed by atoms with Crippen LogP contribution in [0.15, 0.2) is 0 Å². The van der Waals surface area contributed by atoms with Crippen molar-refractivity contribution in [1.82, 2.24) is 5.32 Å². The molecule has 2 aliphatic carbocycles. The van der Waals surface area contributed by atoms with Crippen LogP contribution in [0.1, 0.15) is 58.3 Å². The number of nitrogens with one attached hydrogen (secondary N) is 1. The van der Waals surface area contributed by atoms with Gasteiger partial charge in [0.2, 0.25) is 5.91 Å². The predicted octanol–water partition coefficient (Wildman–Crippen LogP) is 2.77. The molecule has 3 nitrogen and oxygen atoms in total. The van der Waals surface area contributed by atoms with E-state index in [1.54, 1.807) is 0 Å². The first-order valence-corrected chi connectivity index (χ1v) is 6.92. The largest absolute Gasteiger partial charge is 0.338 e. The second-order valence-corrected chi connectivity index (χ2v) is 5.66. The van der Waals surface area contributed by atoms with E-state index in [9.17, 15) is 10.1 Å². The van der Waals surface area contributed by atoms with E-state index in [0.717, 1.165) is 50.9 Å². The third-order valence-electron chi connectivity index (χ3n) is 4.59. The highest BCUT2D eigenvalue weighted by Gasteiger charge is 2.38. The minimum atomic E-state index is -0.557. The predicted molar refractivity (Wildman–Crippen MR) is 66.1 cm³/mol. The van der Waals surface area contributed by atoms with Gasteiger partial charge in [-0.05, 0) is 44.4 Å². The number of carbonyl (C=O) groups excluding carboxylic acids is 1. The van der Waals surface area contributed by atoms with Gasteiger partial charge in [-0.25, -0.2) is 0 Å². The lowest BCUT2D eigenvalue weighted by molar-refractivity contribution is -0.129. The van der Waals surface area contributed by atoms with Crippen molar-refractivity contribution in [2.45, 2.75) is 63.8 Å². The van der Waals surface area contributed by atoms with E-state index < -0.39 is 5.54 Å². The van der Waals surface area contributed by atoms with Gasteiger partial charge in [-0.2, -0.15) is 5.26 Å². The van der Waals surface area contributed by atoms with Crippen molar-refractivity contribution < 1.29 is 4.79 Å². The number of hydrogen-bond acceptors (Lipinski definition) is 2. The zero-order chi connectivity index (χ0) is 12.3. The highest BCUT2D eigenvalue weighted by atomic mass is 16.2. The summed E-state index contributed by atoms with van der Waals surface area (Å²) in [5.74, 6) is 1.05. The first kappa shape index (κ1) is 12.4. The van der Waals surface area contributed by atoms with Crippen LogP contribution in [0.25, 0.3) is 0 Å². The summed E-state index contributed by atoms with van der Waals surface area (Å²) in [4.78, 5) is 11.9. The van der Waals surface area contributed by atoms with E-state index >= 15 is 0 Å². The Labute approximate surface area is 104 Å². The second kappa shape index (κ2) is 5.08. The smallest absolute Gasteiger partial charge is 0.224 e. The normalized spacial score (nSPS) is 33.5. The van der Waals surface area contributed by atoms with Crippen molar-refractivity contribution in [2.24, 2.45) is 11.8 Å². The molecule has 17 heavy (non-hydrogen) atoms. The van der Waals surface area contributed by atoms with Crippen LogP contribution < -0.4 is 5.32 Å². The molecule has 2 saturated carbocycles.